The lowest BCUT2D eigenvalue weighted by atomic mass is 10.1. The van der Waals surface area contributed by atoms with Crippen molar-refractivity contribution in [3.8, 4) is 0 Å². The summed E-state index contributed by atoms with van der Waals surface area (Å²) in [6.45, 7) is 1.80. The van der Waals surface area contributed by atoms with E-state index in [2.05, 4.69) is 10.6 Å². The van der Waals surface area contributed by atoms with Crippen LogP contribution >= 0.6 is 22.9 Å². The third-order valence-electron chi connectivity index (χ3n) is 5.23. The summed E-state index contributed by atoms with van der Waals surface area (Å²) in [7, 11) is 0. The first-order valence-corrected chi connectivity index (χ1v) is 11.3. The van der Waals surface area contributed by atoms with Gasteiger partial charge in [-0.05, 0) is 36.6 Å². The van der Waals surface area contributed by atoms with Gasteiger partial charge in [0.2, 0.25) is 5.91 Å². The summed E-state index contributed by atoms with van der Waals surface area (Å²) in [5.74, 6) is -0.621. The fourth-order valence-electron chi connectivity index (χ4n) is 3.53. The molecule has 0 saturated carbocycles. The van der Waals surface area contributed by atoms with Crippen molar-refractivity contribution in [2.24, 2.45) is 0 Å². The van der Waals surface area contributed by atoms with Gasteiger partial charge < -0.3 is 15.5 Å². The zero-order valence-corrected chi connectivity index (χ0v) is 18.4. The number of rotatable bonds is 6. The van der Waals surface area contributed by atoms with Crippen LogP contribution in [0.1, 0.15) is 38.4 Å². The first-order chi connectivity index (χ1) is 15.0. The molecule has 1 aliphatic heterocycles. The monoisotopic (exact) mass is 455 g/mol. The van der Waals surface area contributed by atoms with E-state index in [1.807, 2.05) is 41.3 Å². The maximum absolute atomic E-state index is 12.4. The van der Waals surface area contributed by atoms with E-state index in [1.165, 1.54) is 11.3 Å². The molecule has 1 aromatic heterocycles. The Balaban J connectivity index is 1.26. The Morgan fingerprint density at radius 2 is 1.68 bits per heavy atom. The fraction of sp³-hybridized carbons (Fsp3) is 0.261. The smallest absolute Gasteiger partial charge is 0.263 e. The molecule has 0 aliphatic carbocycles. The third-order valence-corrected chi connectivity index (χ3v) is 6.91. The van der Waals surface area contributed by atoms with Crippen LogP contribution in [0.25, 0.3) is 10.1 Å². The van der Waals surface area contributed by atoms with Crippen molar-refractivity contribution in [2.75, 3.05) is 19.6 Å². The van der Waals surface area contributed by atoms with Crippen LogP contribution in [0.4, 0.5) is 0 Å². The first-order valence-electron chi connectivity index (χ1n) is 10.1. The molecule has 0 unspecified atom stereocenters. The topological polar surface area (TPSA) is 78.5 Å². The summed E-state index contributed by atoms with van der Waals surface area (Å²) in [4.78, 5) is 39.2. The van der Waals surface area contributed by atoms with Crippen molar-refractivity contribution < 1.29 is 14.4 Å². The molecule has 0 radical (unpaired) electrons. The van der Waals surface area contributed by atoms with Crippen LogP contribution in [0, 0.1) is 0 Å². The largest absolute Gasteiger partial charge is 0.350 e. The Morgan fingerprint density at radius 3 is 2.39 bits per heavy atom. The summed E-state index contributed by atoms with van der Waals surface area (Å²) in [5, 5.41) is 6.62. The van der Waals surface area contributed by atoms with E-state index in [9.17, 15) is 14.4 Å². The molecule has 3 amide bonds. The predicted octanol–water partition coefficient (Wildman–Crippen LogP) is 3.84. The molecule has 4 rings (SSSR count). The number of hydrogen-bond acceptors (Lipinski definition) is 4. The number of likely N-dealkylation sites (tertiary alicyclic amines) is 1. The number of amides is 3. The number of benzene rings is 2. The standard InChI is InChI=1S/C23H22ClN3O3S/c24-20-17-5-1-2-6-18(17)31-21(20)22(29)26-14-19(28)25-13-15-7-9-16(10-8-15)23(30)27-11-3-4-12-27/h1-2,5-10H,3-4,11-14H2,(H,25,28)(H,26,29). The highest BCUT2D eigenvalue weighted by molar-refractivity contribution is 7.21. The number of nitrogens with one attached hydrogen (secondary N) is 2. The summed E-state index contributed by atoms with van der Waals surface area (Å²) in [6, 6.07) is 14.8. The molecule has 160 valence electrons. The molecule has 3 aromatic rings. The number of thiophene rings is 1. The van der Waals surface area contributed by atoms with Crippen molar-refractivity contribution in [3.63, 3.8) is 0 Å². The molecule has 2 heterocycles. The Morgan fingerprint density at radius 1 is 0.968 bits per heavy atom. The molecule has 8 heteroatoms. The Bertz CT molecular complexity index is 1120. The number of hydrogen-bond donors (Lipinski definition) is 2. The second kappa shape index (κ2) is 9.49. The average Bonchev–Trinajstić information content (AvgIpc) is 3.45. The summed E-state index contributed by atoms with van der Waals surface area (Å²) < 4.78 is 0.925. The van der Waals surface area contributed by atoms with Gasteiger partial charge in [-0.15, -0.1) is 11.3 Å². The summed E-state index contributed by atoms with van der Waals surface area (Å²) >= 11 is 7.61. The van der Waals surface area contributed by atoms with Crippen LogP contribution in [0.3, 0.4) is 0 Å². The second-order valence-corrected chi connectivity index (χ2v) is 8.83. The molecular weight excluding hydrogens is 434 g/mol. The minimum absolute atomic E-state index is 0.0516. The molecular formula is C23H22ClN3O3S. The van der Waals surface area contributed by atoms with Gasteiger partial charge in [0, 0.05) is 35.3 Å². The molecule has 1 fully saturated rings. The lowest BCUT2D eigenvalue weighted by Crippen LogP contribution is -2.36. The molecule has 0 spiro atoms. The zero-order chi connectivity index (χ0) is 21.8. The highest BCUT2D eigenvalue weighted by atomic mass is 35.5. The number of halogens is 1. The van der Waals surface area contributed by atoms with Crippen LogP contribution in [0.15, 0.2) is 48.5 Å². The van der Waals surface area contributed by atoms with Gasteiger partial charge >= 0.3 is 0 Å². The molecule has 6 nitrogen and oxygen atoms in total. The molecule has 0 bridgehead atoms. The summed E-state index contributed by atoms with van der Waals surface area (Å²) in [5.41, 5.74) is 1.54. The maximum atomic E-state index is 12.4. The van der Waals surface area contributed by atoms with Crippen molar-refractivity contribution in [1.82, 2.24) is 15.5 Å². The quantitative estimate of drug-likeness (QED) is 0.592. The predicted molar refractivity (Wildman–Crippen MR) is 123 cm³/mol. The lowest BCUT2D eigenvalue weighted by Gasteiger charge is -2.15. The summed E-state index contributed by atoms with van der Waals surface area (Å²) in [6.07, 6.45) is 2.11. The zero-order valence-electron chi connectivity index (χ0n) is 16.8. The SMILES string of the molecule is O=C(CNC(=O)c1sc2ccccc2c1Cl)NCc1ccc(C(=O)N2CCCC2)cc1. The van der Waals surface area contributed by atoms with Crippen molar-refractivity contribution >= 4 is 50.7 Å². The highest BCUT2D eigenvalue weighted by Gasteiger charge is 2.19. The van der Waals surface area contributed by atoms with Gasteiger partial charge in [-0.25, -0.2) is 0 Å². The third kappa shape index (κ3) is 4.89. The van der Waals surface area contributed by atoms with Crippen LogP contribution in [0.2, 0.25) is 5.02 Å². The number of carbonyl (C=O) groups is 3. The first kappa shape index (κ1) is 21.3. The van der Waals surface area contributed by atoms with E-state index in [-0.39, 0.29) is 24.3 Å². The van der Waals surface area contributed by atoms with E-state index in [0.717, 1.165) is 41.6 Å². The maximum Gasteiger partial charge on any atom is 0.263 e. The number of carbonyl (C=O) groups excluding carboxylic acids is 3. The molecule has 2 N–H and O–H groups in total. The van der Waals surface area contributed by atoms with Gasteiger partial charge in [0.1, 0.15) is 4.88 Å². The fourth-order valence-corrected chi connectivity index (χ4v) is 4.97. The Hall–Kier alpha value is -2.90. The van der Waals surface area contributed by atoms with E-state index in [1.54, 1.807) is 12.1 Å². The van der Waals surface area contributed by atoms with Gasteiger partial charge in [0.05, 0.1) is 11.6 Å². The van der Waals surface area contributed by atoms with Gasteiger partial charge in [0.15, 0.2) is 0 Å². The minimum atomic E-state index is -0.369. The van der Waals surface area contributed by atoms with E-state index in [4.69, 9.17) is 11.6 Å². The lowest BCUT2D eigenvalue weighted by molar-refractivity contribution is -0.120. The Kier molecular flexibility index (Phi) is 6.53. The van der Waals surface area contributed by atoms with Crippen LogP contribution < -0.4 is 10.6 Å². The molecule has 0 atom stereocenters. The molecule has 2 aromatic carbocycles. The number of fused-ring (bicyclic) bond motifs is 1. The van der Waals surface area contributed by atoms with Gasteiger partial charge in [-0.2, -0.15) is 0 Å². The van der Waals surface area contributed by atoms with Gasteiger partial charge in [-0.3, -0.25) is 14.4 Å². The van der Waals surface area contributed by atoms with Crippen molar-refractivity contribution in [3.05, 3.63) is 69.6 Å². The Labute approximate surface area is 189 Å². The van der Waals surface area contributed by atoms with Crippen LogP contribution in [-0.2, 0) is 11.3 Å². The molecule has 31 heavy (non-hydrogen) atoms. The van der Waals surface area contributed by atoms with E-state index < -0.39 is 0 Å². The molecule has 1 aliphatic rings. The van der Waals surface area contributed by atoms with E-state index >= 15 is 0 Å². The van der Waals surface area contributed by atoms with Crippen molar-refractivity contribution in [1.29, 1.82) is 0 Å². The van der Waals surface area contributed by atoms with Crippen molar-refractivity contribution in [2.45, 2.75) is 19.4 Å². The average molecular weight is 456 g/mol. The molecule has 1 saturated heterocycles. The second-order valence-electron chi connectivity index (χ2n) is 7.40. The van der Waals surface area contributed by atoms with Gasteiger partial charge in [0.25, 0.3) is 11.8 Å². The van der Waals surface area contributed by atoms with Crippen LogP contribution in [0.5, 0.6) is 0 Å². The number of nitrogens with zero attached hydrogens (tertiary/aromatic N) is 1. The van der Waals surface area contributed by atoms with Crippen LogP contribution in [-0.4, -0.2) is 42.3 Å². The minimum Gasteiger partial charge on any atom is -0.350 e. The highest BCUT2D eigenvalue weighted by Crippen LogP contribution is 2.34. The van der Waals surface area contributed by atoms with Gasteiger partial charge in [-0.1, -0.05) is 41.9 Å². The normalized spacial score (nSPS) is 13.4. The van der Waals surface area contributed by atoms with E-state index in [0.29, 0.717) is 22.0 Å².